The fraction of sp³-hybridized carbons (Fsp3) is 0.911. The molecule has 1 unspecified atom stereocenters. The lowest BCUT2D eigenvalue weighted by atomic mass is 9.93. The van der Waals surface area contributed by atoms with Gasteiger partial charge in [0.05, 0.1) is 13.2 Å². The summed E-state index contributed by atoms with van der Waals surface area (Å²) in [5, 5.41) is 20.0. The molecular formula is C56H109NO7. The lowest BCUT2D eigenvalue weighted by Gasteiger charge is -2.23. The minimum absolute atomic E-state index is 0.136. The van der Waals surface area contributed by atoms with Crippen LogP contribution in [0, 0.1) is 11.8 Å². The zero-order valence-corrected chi connectivity index (χ0v) is 43.2. The van der Waals surface area contributed by atoms with Gasteiger partial charge in [-0.2, -0.15) is 0 Å². The van der Waals surface area contributed by atoms with Crippen molar-refractivity contribution >= 4 is 5.97 Å². The van der Waals surface area contributed by atoms with Crippen molar-refractivity contribution in [2.75, 3.05) is 52.7 Å². The van der Waals surface area contributed by atoms with E-state index in [0.717, 1.165) is 77.3 Å². The Morgan fingerprint density at radius 2 is 0.969 bits per heavy atom. The molecule has 0 saturated heterocycles. The molecule has 0 amide bonds. The van der Waals surface area contributed by atoms with Crippen molar-refractivity contribution in [3.63, 3.8) is 0 Å². The molecule has 0 spiro atoms. The van der Waals surface area contributed by atoms with Gasteiger partial charge in [0.15, 0.2) is 12.6 Å². The first-order valence-electron chi connectivity index (χ1n) is 27.7. The predicted molar refractivity (Wildman–Crippen MR) is 273 cm³/mol. The van der Waals surface area contributed by atoms with Crippen molar-refractivity contribution in [3.05, 3.63) is 24.3 Å². The summed E-state index contributed by atoms with van der Waals surface area (Å²) >= 11 is 0. The Hall–Kier alpha value is -1.29. The van der Waals surface area contributed by atoms with Gasteiger partial charge >= 0.3 is 5.97 Å². The molecule has 0 saturated carbocycles. The fourth-order valence-electron chi connectivity index (χ4n) is 8.43. The maximum Gasteiger partial charge on any atom is 0.305 e. The van der Waals surface area contributed by atoms with E-state index in [1.165, 1.54) is 135 Å². The maximum atomic E-state index is 12.7. The average molecular weight is 908 g/mol. The van der Waals surface area contributed by atoms with Gasteiger partial charge in [0.1, 0.15) is 0 Å². The summed E-state index contributed by atoms with van der Waals surface area (Å²) in [5.74, 6) is 1.28. The highest BCUT2D eigenvalue weighted by Gasteiger charge is 2.16. The molecule has 8 heteroatoms. The standard InChI is InChI=1S/C56H109NO7/c1-6-11-16-17-18-19-20-21-22-23-24-25-26-27-28-34-48-61-54(59)40-31-33-45-57(46-47-58)44-32-29-30-39-55(60)62-51-43-56(63-49-41-52(35-12-7-2)36-13-8-3)64-50-42-53(37-14-9-4)38-15-10-5/h18-19,21-22,52-54,56,58-59H,6-17,20,23-51H2,1-5H3/b19-18-,22-21-. The Bertz CT molecular complexity index is 950. The number of ether oxygens (including phenoxy) is 4. The Kier molecular flexibility index (Phi) is 50.1. The number of aliphatic hydroxyl groups excluding tert-OH is 2. The summed E-state index contributed by atoms with van der Waals surface area (Å²) in [5.41, 5.74) is 0. The first-order valence-corrected chi connectivity index (χ1v) is 27.7. The first-order chi connectivity index (χ1) is 31.4. The highest BCUT2D eigenvalue weighted by molar-refractivity contribution is 5.69. The lowest BCUT2D eigenvalue weighted by molar-refractivity contribution is -0.163. The van der Waals surface area contributed by atoms with Crippen LogP contribution in [0.5, 0.6) is 0 Å². The highest BCUT2D eigenvalue weighted by atomic mass is 16.7. The molecule has 0 rings (SSSR count). The molecule has 0 radical (unpaired) electrons. The Labute approximate surface area is 397 Å². The van der Waals surface area contributed by atoms with Gasteiger partial charge in [-0.3, -0.25) is 4.79 Å². The van der Waals surface area contributed by atoms with Crippen LogP contribution in [-0.4, -0.2) is 86.3 Å². The zero-order valence-electron chi connectivity index (χ0n) is 43.2. The van der Waals surface area contributed by atoms with Crippen LogP contribution in [0.3, 0.4) is 0 Å². The maximum absolute atomic E-state index is 12.7. The molecule has 2 N–H and O–H groups in total. The summed E-state index contributed by atoms with van der Waals surface area (Å²) in [4.78, 5) is 15.0. The summed E-state index contributed by atoms with van der Waals surface area (Å²) in [7, 11) is 0. The molecule has 0 aliphatic rings. The Morgan fingerprint density at radius 1 is 0.469 bits per heavy atom. The molecule has 0 aliphatic heterocycles. The van der Waals surface area contributed by atoms with E-state index in [1.807, 2.05) is 0 Å². The molecule has 380 valence electrons. The number of unbranched alkanes of at least 4 members (excludes halogenated alkanes) is 16. The van der Waals surface area contributed by atoms with Gasteiger partial charge in [-0.1, -0.05) is 181 Å². The van der Waals surface area contributed by atoms with Crippen molar-refractivity contribution < 1.29 is 34.0 Å². The minimum atomic E-state index is -0.693. The van der Waals surface area contributed by atoms with Crippen LogP contribution in [0.15, 0.2) is 24.3 Å². The molecule has 0 aromatic carbocycles. The first kappa shape index (κ1) is 62.7. The van der Waals surface area contributed by atoms with Gasteiger partial charge < -0.3 is 34.1 Å². The van der Waals surface area contributed by atoms with Gasteiger partial charge in [0.2, 0.25) is 0 Å². The second kappa shape index (κ2) is 51.1. The topological polar surface area (TPSA) is 97.7 Å². The van der Waals surface area contributed by atoms with E-state index < -0.39 is 6.29 Å². The van der Waals surface area contributed by atoms with Crippen LogP contribution in [0.1, 0.15) is 253 Å². The molecule has 64 heavy (non-hydrogen) atoms. The molecule has 0 aromatic heterocycles. The molecule has 0 fully saturated rings. The number of hydrogen-bond donors (Lipinski definition) is 2. The number of nitrogens with zero attached hydrogens (tertiary/aromatic N) is 1. The van der Waals surface area contributed by atoms with Crippen LogP contribution < -0.4 is 0 Å². The van der Waals surface area contributed by atoms with E-state index in [1.54, 1.807) is 0 Å². The number of rotatable bonds is 52. The molecule has 0 bridgehead atoms. The molecule has 0 aromatic rings. The van der Waals surface area contributed by atoms with Crippen molar-refractivity contribution in [2.45, 2.75) is 266 Å². The van der Waals surface area contributed by atoms with Crippen LogP contribution in [-0.2, 0) is 23.7 Å². The smallest absolute Gasteiger partial charge is 0.305 e. The van der Waals surface area contributed by atoms with Gasteiger partial charge in [0.25, 0.3) is 0 Å². The average Bonchev–Trinajstić information content (AvgIpc) is 3.29. The van der Waals surface area contributed by atoms with Crippen LogP contribution >= 0.6 is 0 Å². The third kappa shape index (κ3) is 44.5. The number of carbonyl (C=O) groups excluding carboxylic acids is 1. The second-order valence-electron chi connectivity index (χ2n) is 18.8. The summed E-state index contributed by atoms with van der Waals surface area (Å²) < 4.78 is 24.1. The number of hydrogen-bond acceptors (Lipinski definition) is 8. The quantitative estimate of drug-likeness (QED) is 0.0270. The van der Waals surface area contributed by atoms with Gasteiger partial charge in [-0.15, -0.1) is 0 Å². The number of esters is 1. The summed E-state index contributed by atoms with van der Waals surface area (Å²) in [6, 6.07) is 0. The number of aliphatic hydroxyl groups is 2. The van der Waals surface area contributed by atoms with Crippen molar-refractivity contribution in [1.82, 2.24) is 4.90 Å². The molecule has 0 heterocycles. The minimum Gasteiger partial charge on any atom is -0.465 e. The van der Waals surface area contributed by atoms with Gasteiger partial charge in [-0.05, 0) is 108 Å². The Balaban J connectivity index is 4.29. The summed E-state index contributed by atoms with van der Waals surface area (Å²) in [6.45, 7) is 16.3. The normalized spacial score (nSPS) is 12.7. The highest BCUT2D eigenvalue weighted by Crippen LogP contribution is 2.23. The monoisotopic (exact) mass is 908 g/mol. The van der Waals surface area contributed by atoms with E-state index in [9.17, 15) is 15.0 Å². The lowest BCUT2D eigenvalue weighted by Crippen LogP contribution is -2.29. The number of carbonyl (C=O) groups is 1. The second-order valence-corrected chi connectivity index (χ2v) is 18.8. The predicted octanol–water partition coefficient (Wildman–Crippen LogP) is 15.2. The van der Waals surface area contributed by atoms with Gasteiger partial charge in [0, 0.05) is 39.2 Å². The van der Waals surface area contributed by atoms with E-state index in [-0.39, 0.29) is 18.9 Å². The third-order valence-electron chi connectivity index (χ3n) is 12.7. The van der Waals surface area contributed by atoms with Crippen molar-refractivity contribution in [2.24, 2.45) is 11.8 Å². The largest absolute Gasteiger partial charge is 0.465 e. The SMILES string of the molecule is CCCCC/C=C\C/C=C\CCCCCCCCOC(O)CCCCN(CCO)CCCCCC(=O)OCCC(OCCC(CCCC)CCCC)OCCC(CCCC)CCCC. The number of allylic oxidation sites excluding steroid dienone is 4. The van der Waals surface area contributed by atoms with Gasteiger partial charge in [-0.25, -0.2) is 0 Å². The fourth-order valence-corrected chi connectivity index (χ4v) is 8.43. The van der Waals surface area contributed by atoms with E-state index in [4.69, 9.17) is 18.9 Å². The van der Waals surface area contributed by atoms with Crippen molar-refractivity contribution in [3.8, 4) is 0 Å². The molecular weight excluding hydrogens is 799 g/mol. The Morgan fingerprint density at radius 3 is 1.52 bits per heavy atom. The van der Waals surface area contributed by atoms with Crippen LogP contribution in [0.25, 0.3) is 0 Å². The third-order valence-corrected chi connectivity index (χ3v) is 12.7. The summed E-state index contributed by atoms with van der Waals surface area (Å²) in [6.07, 6.45) is 46.4. The zero-order chi connectivity index (χ0) is 46.8. The van der Waals surface area contributed by atoms with E-state index in [0.29, 0.717) is 64.1 Å². The van der Waals surface area contributed by atoms with Crippen LogP contribution in [0.4, 0.5) is 0 Å². The molecule has 1 atom stereocenters. The van der Waals surface area contributed by atoms with Crippen LogP contribution in [0.2, 0.25) is 0 Å². The van der Waals surface area contributed by atoms with E-state index >= 15 is 0 Å². The molecule has 0 aliphatic carbocycles. The van der Waals surface area contributed by atoms with Crippen molar-refractivity contribution in [1.29, 1.82) is 0 Å². The van der Waals surface area contributed by atoms with E-state index in [2.05, 4.69) is 63.8 Å². The molecule has 8 nitrogen and oxygen atoms in total.